The molecule has 0 unspecified atom stereocenters. The van der Waals surface area contributed by atoms with Crippen LogP contribution < -0.4 is 5.73 Å². The molecule has 0 aliphatic carbocycles. The monoisotopic (exact) mass is 305 g/mol. The van der Waals surface area contributed by atoms with Gasteiger partial charge in [-0.15, -0.1) is 0 Å². The van der Waals surface area contributed by atoms with E-state index in [4.69, 9.17) is 33.5 Å². The molecule has 1 aromatic heterocycles. The molecule has 20 heavy (non-hydrogen) atoms. The Bertz CT molecular complexity index is 771. The minimum atomic E-state index is 0.338. The lowest BCUT2D eigenvalue weighted by molar-refractivity contribution is 0.432. The summed E-state index contributed by atoms with van der Waals surface area (Å²) in [5.74, 6) is 0.792. The van der Waals surface area contributed by atoms with Crippen molar-refractivity contribution in [3.05, 3.63) is 52.5 Å². The van der Waals surface area contributed by atoms with E-state index >= 15 is 0 Å². The third-order valence-corrected chi connectivity index (χ3v) is 3.28. The minimum Gasteiger partial charge on any atom is -0.399 e. The van der Waals surface area contributed by atoms with E-state index in [1.54, 1.807) is 30.3 Å². The lowest BCUT2D eigenvalue weighted by atomic mass is 10.2. The van der Waals surface area contributed by atoms with E-state index < -0.39 is 0 Å². The number of hydrogen-bond acceptors (Lipinski definition) is 4. The summed E-state index contributed by atoms with van der Waals surface area (Å²) in [6.07, 6.45) is 0. The van der Waals surface area contributed by atoms with Gasteiger partial charge in [0.05, 0.1) is 10.6 Å². The first-order valence-corrected chi connectivity index (χ1v) is 6.54. The van der Waals surface area contributed by atoms with Crippen LogP contribution >= 0.6 is 23.2 Å². The van der Waals surface area contributed by atoms with Gasteiger partial charge in [-0.3, -0.25) is 0 Å². The van der Waals surface area contributed by atoms with Crippen molar-refractivity contribution < 1.29 is 4.52 Å². The van der Waals surface area contributed by atoms with Crippen LogP contribution in [-0.2, 0) is 0 Å². The van der Waals surface area contributed by atoms with E-state index in [-0.39, 0.29) is 0 Å². The smallest absolute Gasteiger partial charge is 0.259 e. The number of rotatable bonds is 2. The van der Waals surface area contributed by atoms with Gasteiger partial charge in [-0.05, 0) is 30.3 Å². The number of aromatic nitrogens is 2. The molecule has 0 atom stereocenters. The van der Waals surface area contributed by atoms with Gasteiger partial charge in [0, 0.05) is 16.3 Å². The SMILES string of the molecule is Nc1ccc(-c2nc(-c3cccc(Cl)c3)no2)c(Cl)c1. The van der Waals surface area contributed by atoms with Gasteiger partial charge in [-0.2, -0.15) is 4.98 Å². The normalized spacial score (nSPS) is 10.7. The fraction of sp³-hybridized carbons (Fsp3) is 0. The zero-order valence-corrected chi connectivity index (χ0v) is 11.7. The van der Waals surface area contributed by atoms with Crippen LogP contribution in [0.4, 0.5) is 5.69 Å². The number of anilines is 1. The third-order valence-electron chi connectivity index (χ3n) is 2.73. The number of nitrogens with two attached hydrogens (primary N) is 1. The quantitative estimate of drug-likeness (QED) is 0.717. The summed E-state index contributed by atoms with van der Waals surface area (Å²) in [4.78, 5) is 4.32. The van der Waals surface area contributed by atoms with Crippen LogP contribution in [0.15, 0.2) is 47.0 Å². The Hall–Kier alpha value is -2.04. The van der Waals surface area contributed by atoms with E-state index in [2.05, 4.69) is 10.1 Å². The molecule has 0 saturated heterocycles. The lowest BCUT2D eigenvalue weighted by Crippen LogP contribution is -1.86. The fourth-order valence-electron chi connectivity index (χ4n) is 1.78. The van der Waals surface area contributed by atoms with E-state index in [9.17, 15) is 0 Å². The van der Waals surface area contributed by atoms with Crippen molar-refractivity contribution in [3.8, 4) is 22.8 Å². The lowest BCUT2D eigenvalue weighted by Gasteiger charge is -1.99. The molecule has 100 valence electrons. The van der Waals surface area contributed by atoms with Gasteiger partial charge >= 0.3 is 0 Å². The van der Waals surface area contributed by atoms with Gasteiger partial charge in [0.1, 0.15) is 0 Å². The molecule has 2 aromatic carbocycles. The predicted molar refractivity (Wildman–Crippen MR) is 79.6 cm³/mol. The minimum absolute atomic E-state index is 0.338. The molecule has 4 nitrogen and oxygen atoms in total. The topological polar surface area (TPSA) is 64.9 Å². The van der Waals surface area contributed by atoms with Crippen LogP contribution in [0.3, 0.4) is 0 Å². The van der Waals surface area contributed by atoms with Crippen molar-refractivity contribution in [3.63, 3.8) is 0 Å². The average Bonchev–Trinajstić information content (AvgIpc) is 2.88. The fourth-order valence-corrected chi connectivity index (χ4v) is 2.24. The van der Waals surface area contributed by atoms with Crippen LogP contribution in [-0.4, -0.2) is 10.1 Å². The molecule has 0 bridgehead atoms. The number of benzene rings is 2. The molecule has 0 amide bonds. The number of halogens is 2. The van der Waals surface area contributed by atoms with Gasteiger partial charge in [0.15, 0.2) is 0 Å². The molecule has 0 aliphatic heterocycles. The third kappa shape index (κ3) is 2.48. The van der Waals surface area contributed by atoms with E-state index in [1.807, 2.05) is 12.1 Å². The highest BCUT2D eigenvalue weighted by Crippen LogP contribution is 2.30. The van der Waals surface area contributed by atoms with Crippen molar-refractivity contribution in [1.82, 2.24) is 10.1 Å². The zero-order valence-electron chi connectivity index (χ0n) is 10.2. The molecule has 0 radical (unpaired) electrons. The first-order chi connectivity index (χ1) is 9.63. The molecule has 0 spiro atoms. The highest BCUT2D eigenvalue weighted by molar-refractivity contribution is 6.33. The summed E-state index contributed by atoms with van der Waals surface area (Å²) in [6.45, 7) is 0. The molecule has 6 heteroatoms. The summed E-state index contributed by atoms with van der Waals surface area (Å²) < 4.78 is 5.24. The molecule has 0 saturated carbocycles. The second-order valence-electron chi connectivity index (χ2n) is 4.17. The van der Waals surface area contributed by atoms with Gasteiger partial charge in [0.25, 0.3) is 5.89 Å². The van der Waals surface area contributed by atoms with Crippen LogP contribution in [0.25, 0.3) is 22.8 Å². The summed E-state index contributed by atoms with van der Waals surface area (Å²) in [7, 11) is 0. The van der Waals surface area contributed by atoms with Gasteiger partial charge in [-0.25, -0.2) is 0 Å². The Morgan fingerprint density at radius 3 is 2.65 bits per heavy atom. The molecule has 0 aliphatic rings. The largest absolute Gasteiger partial charge is 0.399 e. The standard InChI is InChI=1S/C14H9Cl2N3O/c15-9-3-1-2-8(6-9)13-18-14(20-19-13)11-5-4-10(17)7-12(11)16/h1-7H,17H2. The summed E-state index contributed by atoms with van der Waals surface area (Å²) in [5.41, 5.74) is 7.65. The Morgan fingerprint density at radius 2 is 1.90 bits per heavy atom. The van der Waals surface area contributed by atoms with Crippen LogP contribution in [0, 0.1) is 0 Å². The second kappa shape index (κ2) is 5.15. The van der Waals surface area contributed by atoms with E-state index in [0.29, 0.717) is 33.0 Å². The van der Waals surface area contributed by atoms with Crippen molar-refractivity contribution in [1.29, 1.82) is 0 Å². The van der Waals surface area contributed by atoms with E-state index in [1.165, 1.54) is 0 Å². The maximum Gasteiger partial charge on any atom is 0.259 e. The highest BCUT2D eigenvalue weighted by Gasteiger charge is 2.13. The molecular weight excluding hydrogens is 297 g/mol. The van der Waals surface area contributed by atoms with Gasteiger partial charge in [0.2, 0.25) is 5.82 Å². The average molecular weight is 306 g/mol. The second-order valence-corrected chi connectivity index (χ2v) is 5.02. The van der Waals surface area contributed by atoms with Crippen molar-refractivity contribution in [2.45, 2.75) is 0 Å². The summed E-state index contributed by atoms with van der Waals surface area (Å²) in [6, 6.07) is 12.3. The summed E-state index contributed by atoms with van der Waals surface area (Å²) in [5, 5.41) is 5.01. The number of nitrogens with zero attached hydrogens (tertiary/aromatic N) is 2. The van der Waals surface area contributed by atoms with Gasteiger partial charge < -0.3 is 10.3 Å². The Labute approximate surface area is 125 Å². The number of nitrogen functional groups attached to an aromatic ring is 1. The highest BCUT2D eigenvalue weighted by atomic mass is 35.5. The summed E-state index contributed by atoms with van der Waals surface area (Å²) >= 11 is 12.1. The zero-order chi connectivity index (χ0) is 14.1. The Balaban J connectivity index is 2.02. The maximum atomic E-state index is 6.12. The maximum absolute atomic E-state index is 6.12. The Morgan fingerprint density at radius 1 is 1.05 bits per heavy atom. The van der Waals surface area contributed by atoms with E-state index in [0.717, 1.165) is 5.56 Å². The molecule has 2 N–H and O–H groups in total. The van der Waals surface area contributed by atoms with Gasteiger partial charge in [-0.1, -0.05) is 40.5 Å². The van der Waals surface area contributed by atoms with Crippen molar-refractivity contribution in [2.24, 2.45) is 0 Å². The molecule has 1 heterocycles. The van der Waals surface area contributed by atoms with Crippen LogP contribution in [0.5, 0.6) is 0 Å². The Kier molecular flexibility index (Phi) is 3.34. The van der Waals surface area contributed by atoms with Crippen molar-refractivity contribution >= 4 is 28.9 Å². The molecule has 3 aromatic rings. The van der Waals surface area contributed by atoms with Crippen LogP contribution in [0.1, 0.15) is 0 Å². The molecular formula is C14H9Cl2N3O. The van der Waals surface area contributed by atoms with Crippen LogP contribution in [0.2, 0.25) is 10.0 Å². The van der Waals surface area contributed by atoms with Crippen molar-refractivity contribution in [2.75, 3.05) is 5.73 Å². The number of hydrogen-bond donors (Lipinski definition) is 1. The first kappa shape index (κ1) is 13.0. The molecule has 0 fully saturated rings. The first-order valence-electron chi connectivity index (χ1n) is 5.78. The molecule has 3 rings (SSSR count). The predicted octanol–water partition coefficient (Wildman–Crippen LogP) is 4.29.